The molecular formula is C18H26O7. The van der Waals surface area contributed by atoms with Gasteiger partial charge in [0.15, 0.2) is 6.10 Å². The Bertz CT molecular complexity index is 510. The molecule has 140 valence electrons. The fourth-order valence-corrected chi connectivity index (χ4v) is 2.30. The maximum atomic E-state index is 12.3. The molecule has 4 unspecified atom stereocenters. The molecular weight excluding hydrogens is 328 g/mol. The molecule has 0 bridgehead atoms. The molecule has 4 atom stereocenters. The van der Waals surface area contributed by atoms with Crippen LogP contribution in [0.4, 0.5) is 0 Å². The lowest BCUT2D eigenvalue weighted by atomic mass is 10.0. The Balaban J connectivity index is 2.80. The second kappa shape index (κ2) is 11.6. The molecule has 1 aliphatic rings. The van der Waals surface area contributed by atoms with Crippen molar-refractivity contribution in [3.05, 3.63) is 36.5 Å². The van der Waals surface area contributed by atoms with Crippen LogP contribution in [-0.4, -0.2) is 58.3 Å². The molecule has 0 fully saturated rings. The minimum Gasteiger partial charge on any atom is -0.457 e. The summed E-state index contributed by atoms with van der Waals surface area (Å²) in [5.41, 5.74) is 0. The SMILES string of the molecule is CCCC1OC(=O)C(OC(=O)/C=C/C=C/CO)CC/C=C/C(O)C1O. The van der Waals surface area contributed by atoms with E-state index in [1.54, 1.807) is 6.08 Å². The van der Waals surface area contributed by atoms with Gasteiger partial charge in [0.1, 0.15) is 18.3 Å². The molecule has 0 spiro atoms. The average molecular weight is 354 g/mol. The zero-order valence-electron chi connectivity index (χ0n) is 14.3. The highest BCUT2D eigenvalue weighted by Gasteiger charge is 2.32. The minimum absolute atomic E-state index is 0.145. The number of carbonyl (C=O) groups is 2. The number of aliphatic hydroxyl groups excluding tert-OH is 3. The molecule has 0 amide bonds. The zero-order chi connectivity index (χ0) is 18.7. The molecule has 3 N–H and O–H groups in total. The van der Waals surface area contributed by atoms with Crippen molar-refractivity contribution in [1.82, 2.24) is 0 Å². The summed E-state index contributed by atoms with van der Waals surface area (Å²) >= 11 is 0. The molecule has 0 aromatic carbocycles. The van der Waals surface area contributed by atoms with Crippen LogP contribution in [0.25, 0.3) is 0 Å². The largest absolute Gasteiger partial charge is 0.457 e. The van der Waals surface area contributed by atoms with Crippen LogP contribution in [0.15, 0.2) is 36.5 Å². The lowest BCUT2D eigenvalue weighted by molar-refractivity contribution is -0.176. The summed E-state index contributed by atoms with van der Waals surface area (Å²) in [6, 6.07) is 0. The van der Waals surface area contributed by atoms with E-state index in [4.69, 9.17) is 14.6 Å². The van der Waals surface area contributed by atoms with Crippen LogP contribution in [0.1, 0.15) is 32.6 Å². The number of hydrogen-bond acceptors (Lipinski definition) is 7. The van der Waals surface area contributed by atoms with Gasteiger partial charge in [0.05, 0.1) is 6.61 Å². The Morgan fingerprint density at radius 2 is 2.16 bits per heavy atom. The predicted molar refractivity (Wildman–Crippen MR) is 90.4 cm³/mol. The third-order valence-corrected chi connectivity index (χ3v) is 3.61. The van der Waals surface area contributed by atoms with Gasteiger partial charge >= 0.3 is 11.9 Å². The molecule has 0 aromatic heterocycles. The summed E-state index contributed by atoms with van der Waals surface area (Å²) < 4.78 is 10.4. The lowest BCUT2D eigenvalue weighted by Gasteiger charge is -2.27. The minimum atomic E-state index is -1.24. The standard InChI is InChI=1S/C18H26O7/c1-2-8-14-17(22)13(20)9-5-6-10-15(18(23)25-14)24-16(21)11-4-3-7-12-19/h3-5,7,9,11,13-15,17,19-20,22H,2,6,8,10,12H2,1H3/b7-3+,9-5+,11-4+. The molecule has 0 saturated heterocycles. The first-order valence-corrected chi connectivity index (χ1v) is 8.37. The van der Waals surface area contributed by atoms with E-state index in [9.17, 15) is 19.8 Å². The number of allylic oxidation sites excluding steroid dienone is 3. The Hall–Kier alpha value is -1.96. The molecule has 0 aliphatic carbocycles. The first-order valence-electron chi connectivity index (χ1n) is 8.37. The number of carbonyl (C=O) groups excluding carboxylic acids is 2. The van der Waals surface area contributed by atoms with Crippen molar-refractivity contribution in [2.75, 3.05) is 6.61 Å². The Labute approximate surface area is 147 Å². The van der Waals surface area contributed by atoms with Crippen molar-refractivity contribution in [2.24, 2.45) is 0 Å². The van der Waals surface area contributed by atoms with Gasteiger partial charge in [-0.1, -0.05) is 43.7 Å². The first kappa shape index (κ1) is 21.1. The van der Waals surface area contributed by atoms with E-state index in [1.165, 1.54) is 24.3 Å². The molecule has 1 aliphatic heterocycles. The highest BCUT2D eigenvalue weighted by molar-refractivity contribution is 5.86. The van der Waals surface area contributed by atoms with Crippen LogP contribution in [0.3, 0.4) is 0 Å². The molecule has 7 heteroatoms. The monoisotopic (exact) mass is 354 g/mol. The van der Waals surface area contributed by atoms with Gasteiger partial charge in [0.25, 0.3) is 0 Å². The zero-order valence-corrected chi connectivity index (χ0v) is 14.3. The third-order valence-electron chi connectivity index (χ3n) is 3.61. The van der Waals surface area contributed by atoms with E-state index < -0.39 is 36.4 Å². The van der Waals surface area contributed by atoms with E-state index >= 15 is 0 Å². The van der Waals surface area contributed by atoms with Gasteiger partial charge in [0, 0.05) is 6.08 Å². The maximum Gasteiger partial charge on any atom is 0.347 e. The lowest BCUT2D eigenvalue weighted by Crippen LogP contribution is -2.42. The smallest absolute Gasteiger partial charge is 0.347 e. The second-order valence-electron chi connectivity index (χ2n) is 5.65. The molecule has 7 nitrogen and oxygen atoms in total. The van der Waals surface area contributed by atoms with E-state index in [-0.39, 0.29) is 13.0 Å². The van der Waals surface area contributed by atoms with Crippen LogP contribution in [-0.2, 0) is 19.1 Å². The highest BCUT2D eigenvalue weighted by Crippen LogP contribution is 2.17. The third kappa shape index (κ3) is 7.64. The summed E-state index contributed by atoms with van der Waals surface area (Å²) in [4.78, 5) is 24.1. The van der Waals surface area contributed by atoms with Gasteiger partial charge < -0.3 is 24.8 Å². The summed E-state index contributed by atoms with van der Waals surface area (Å²) in [6.07, 6.45) is 5.82. The molecule has 0 aromatic rings. The quantitative estimate of drug-likeness (QED) is 0.280. The van der Waals surface area contributed by atoms with Gasteiger partial charge in [-0.15, -0.1) is 0 Å². The normalized spacial score (nSPS) is 29.5. The Morgan fingerprint density at radius 1 is 1.40 bits per heavy atom. The van der Waals surface area contributed by atoms with Gasteiger partial charge in [-0.05, 0) is 19.3 Å². The van der Waals surface area contributed by atoms with Crippen molar-refractivity contribution in [1.29, 1.82) is 0 Å². The van der Waals surface area contributed by atoms with Crippen molar-refractivity contribution in [3.8, 4) is 0 Å². The van der Waals surface area contributed by atoms with Crippen LogP contribution in [0.2, 0.25) is 0 Å². The molecule has 0 radical (unpaired) electrons. The summed E-state index contributed by atoms with van der Waals surface area (Å²) in [6.45, 7) is 1.72. The summed E-state index contributed by atoms with van der Waals surface area (Å²) in [7, 11) is 0. The molecule has 25 heavy (non-hydrogen) atoms. The maximum absolute atomic E-state index is 12.3. The van der Waals surface area contributed by atoms with Crippen LogP contribution in [0, 0.1) is 0 Å². The number of cyclic esters (lactones) is 1. The summed E-state index contributed by atoms with van der Waals surface area (Å²) in [5, 5.41) is 28.6. The summed E-state index contributed by atoms with van der Waals surface area (Å²) in [5.74, 6) is -1.45. The van der Waals surface area contributed by atoms with Gasteiger partial charge in [0.2, 0.25) is 0 Å². The van der Waals surface area contributed by atoms with Gasteiger partial charge in [-0.25, -0.2) is 9.59 Å². The number of aliphatic hydroxyl groups is 3. The van der Waals surface area contributed by atoms with Crippen LogP contribution >= 0.6 is 0 Å². The van der Waals surface area contributed by atoms with E-state index in [0.29, 0.717) is 19.3 Å². The van der Waals surface area contributed by atoms with E-state index in [2.05, 4.69) is 0 Å². The van der Waals surface area contributed by atoms with Crippen LogP contribution in [0.5, 0.6) is 0 Å². The predicted octanol–water partition coefficient (Wildman–Crippen LogP) is 0.787. The van der Waals surface area contributed by atoms with Gasteiger partial charge in [-0.2, -0.15) is 0 Å². The molecule has 1 rings (SSSR count). The number of ether oxygens (including phenoxy) is 2. The van der Waals surface area contributed by atoms with Crippen LogP contribution < -0.4 is 0 Å². The average Bonchev–Trinajstić information content (AvgIpc) is 2.59. The fourth-order valence-electron chi connectivity index (χ4n) is 2.30. The van der Waals surface area contributed by atoms with Crippen molar-refractivity contribution < 1.29 is 34.4 Å². The van der Waals surface area contributed by atoms with E-state index in [1.807, 2.05) is 6.92 Å². The highest BCUT2D eigenvalue weighted by atomic mass is 16.6. The first-order chi connectivity index (χ1) is 12.0. The van der Waals surface area contributed by atoms with Crippen molar-refractivity contribution >= 4 is 11.9 Å². The second-order valence-corrected chi connectivity index (χ2v) is 5.65. The number of hydrogen-bond donors (Lipinski definition) is 3. The molecule has 0 saturated carbocycles. The van der Waals surface area contributed by atoms with Gasteiger partial charge in [-0.3, -0.25) is 0 Å². The topological polar surface area (TPSA) is 113 Å². The van der Waals surface area contributed by atoms with Crippen molar-refractivity contribution in [3.63, 3.8) is 0 Å². The molecule has 1 heterocycles. The fraction of sp³-hybridized carbons (Fsp3) is 0.556. The Kier molecular flexibility index (Phi) is 9.76. The van der Waals surface area contributed by atoms with Crippen molar-refractivity contribution in [2.45, 2.75) is 57.0 Å². The number of rotatable bonds is 6. The Morgan fingerprint density at radius 3 is 2.84 bits per heavy atom. The number of esters is 2. The van der Waals surface area contributed by atoms with E-state index in [0.717, 1.165) is 6.08 Å².